The summed E-state index contributed by atoms with van der Waals surface area (Å²) in [5.41, 5.74) is 2.38. The van der Waals surface area contributed by atoms with Crippen LogP contribution < -0.4 is 5.32 Å². The molecule has 2 N–H and O–H groups in total. The van der Waals surface area contributed by atoms with E-state index in [1.54, 1.807) is 0 Å². The average molecular weight is 430 g/mol. The van der Waals surface area contributed by atoms with Gasteiger partial charge in [0.2, 0.25) is 0 Å². The number of hydrogen-bond donors (Lipinski definition) is 2. The van der Waals surface area contributed by atoms with Crippen LogP contribution in [-0.4, -0.2) is 57.8 Å². The highest BCUT2D eigenvalue weighted by atomic mass is 19.1. The van der Waals surface area contributed by atoms with Crippen molar-refractivity contribution in [3.8, 4) is 0 Å². The van der Waals surface area contributed by atoms with Gasteiger partial charge in [-0.15, -0.1) is 0 Å². The molecule has 1 amide bonds. The van der Waals surface area contributed by atoms with Crippen molar-refractivity contribution < 1.29 is 23.4 Å². The maximum absolute atomic E-state index is 14.3. The number of ether oxygens (including phenoxy) is 1. The van der Waals surface area contributed by atoms with Gasteiger partial charge >= 0.3 is 6.09 Å². The lowest BCUT2D eigenvalue weighted by Gasteiger charge is -2.40. The maximum Gasteiger partial charge on any atom is 0.404 e. The summed E-state index contributed by atoms with van der Waals surface area (Å²) < 4.78 is 34.0. The number of amides is 1. The monoisotopic (exact) mass is 430 g/mol. The van der Waals surface area contributed by atoms with Crippen LogP contribution in [0.5, 0.6) is 0 Å². The molecule has 5 atom stereocenters. The van der Waals surface area contributed by atoms with Gasteiger partial charge in [-0.2, -0.15) is 0 Å². The highest BCUT2D eigenvalue weighted by Gasteiger charge is 2.45. The zero-order chi connectivity index (χ0) is 21.7. The highest BCUT2D eigenvalue weighted by Crippen LogP contribution is 2.44. The van der Waals surface area contributed by atoms with Gasteiger partial charge in [0, 0.05) is 42.5 Å². The van der Waals surface area contributed by atoms with Gasteiger partial charge in [0.15, 0.2) is 0 Å². The molecule has 164 valence electrons. The van der Waals surface area contributed by atoms with Crippen molar-refractivity contribution in [1.82, 2.24) is 20.2 Å². The van der Waals surface area contributed by atoms with Gasteiger partial charge in [-0.3, -0.25) is 4.90 Å². The molecule has 2 fully saturated rings. The fourth-order valence-electron chi connectivity index (χ4n) is 5.41. The van der Waals surface area contributed by atoms with Crippen LogP contribution in [0.4, 0.5) is 13.6 Å². The van der Waals surface area contributed by atoms with E-state index >= 15 is 0 Å². The molecule has 1 aliphatic carbocycles. The average Bonchev–Trinajstić information content (AvgIpc) is 3.27. The van der Waals surface area contributed by atoms with Gasteiger partial charge in [-0.25, -0.2) is 23.5 Å². The van der Waals surface area contributed by atoms with Gasteiger partial charge in [0.1, 0.15) is 23.6 Å². The first-order valence-corrected chi connectivity index (χ1v) is 10.5. The van der Waals surface area contributed by atoms with Crippen LogP contribution in [0.3, 0.4) is 0 Å². The van der Waals surface area contributed by atoms with E-state index < -0.39 is 29.9 Å². The number of nitrogens with one attached hydrogen (secondary N) is 1. The van der Waals surface area contributed by atoms with Crippen LogP contribution >= 0.6 is 0 Å². The molecule has 5 rings (SSSR count). The Morgan fingerprint density at radius 2 is 2.13 bits per heavy atom. The van der Waals surface area contributed by atoms with Crippen LogP contribution in [0.25, 0.3) is 0 Å². The second kappa shape index (κ2) is 7.80. The Hall–Kier alpha value is -2.65. The number of likely N-dealkylation sites (tertiary alicyclic amines) is 1. The van der Waals surface area contributed by atoms with Gasteiger partial charge in [0.25, 0.3) is 0 Å². The molecule has 3 heterocycles. The summed E-state index contributed by atoms with van der Waals surface area (Å²) in [6.45, 7) is 3.92. The summed E-state index contributed by atoms with van der Waals surface area (Å²) in [5.74, 6) is 0.411. The minimum Gasteiger partial charge on any atom is -0.465 e. The first kappa shape index (κ1) is 20.3. The zero-order valence-electron chi connectivity index (χ0n) is 17.1. The Balaban J connectivity index is 1.33. The number of aromatic nitrogens is 2. The number of fused-ring (bicyclic) bond motifs is 3. The number of carboxylic acid groups (broad SMARTS) is 1. The number of benzene rings is 1. The molecular weight excluding hydrogens is 406 g/mol. The van der Waals surface area contributed by atoms with Crippen molar-refractivity contribution in [2.75, 3.05) is 19.7 Å². The van der Waals surface area contributed by atoms with Crippen molar-refractivity contribution in [2.24, 2.45) is 5.92 Å². The second-order valence-corrected chi connectivity index (χ2v) is 8.71. The predicted octanol–water partition coefficient (Wildman–Crippen LogP) is 2.80. The molecule has 2 unspecified atom stereocenters. The number of halogens is 2. The van der Waals surface area contributed by atoms with Gasteiger partial charge in [-0.05, 0) is 49.4 Å². The van der Waals surface area contributed by atoms with E-state index in [0.29, 0.717) is 24.9 Å². The van der Waals surface area contributed by atoms with Crippen molar-refractivity contribution in [1.29, 1.82) is 0 Å². The molecule has 0 bridgehead atoms. The number of nitrogens with zero attached hydrogens (tertiary/aromatic N) is 3. The van der Waals surface area contributed by atoms with E-state index in [0.717, 1.165) is 49.2 Å². The summed E-state index contributed by atoms with van der Waals surface area (Å²) >= 11 is 0. The normalized spacial score (nSPS) is 30.1. The van der Waals surface area contributed by atoms with E-state index in [2.05, 4.69) is 20.2 Å². The standard InChI is InChI=1S/C22H24F2N4O3/c1-11-25-7-16-17-9-28(8-12(17)4-19(16)26-11)14-6-20(27-22(29)30)21(31-10-14)15-5-13(23)2-3-18(15)24/h2-3,5,7,12,14,17,20-21,27H,4,6,8-10H2,1H3,(H,29,30)/t12?,14-,17?,20+,21-/m1/s1. The summed E-state index contributed by atoms with van der Waals surface area (Å²) in [5, 5.41) is 11.8. The molecular formula is C22H24F2N4O3. The Morgan fingerprint density at radius 1 is 1.29 bits per heavy atom. The summed E-state index contributed by atoms with van der Waals surface area (Å²) in [7, 11) is 0. The van der Waals surface area contributed by atoms with Gasteiger partial charge in [0.05, 0.1) is 12.6 Å². The third kappa shape index (κ3) is 3.76. The van der Waals surface area contributed by atoms with Crippen LogP contribution in [0.15, 0.2) is 24.4 Å². The van der Waals surface area contributed by atoms with E-state index in [9.17, 15) is 18.7 Å². The Bertz CT molecular complexity index is 1020. The van der Waals surface area contributed by atoms with Crippen LogP contribution in [0.2, 0.25) is 0 Å². The second-order valence-electron chi connectivity index (χ2n) is 8.71. The molecule has 9 heteroatoms. The van der Waals surface area contributed by atoms with E-state index in [4.69, 9.17) is 4.74 Å². The topological polar surface area (TPSA) is 87.6 Å². The van der Waals surface area contributed by atoms with Gasteiger partial charge in [-0.1, -0.05) is 0 Å². The molecule has 0 saturated carbocycles. The van der Waals surface area contributed by atoms with Crippen molar-refractivity contribution in [3.63, 3.8) is 0 Å². The molecule has 2 aliphatic heterocycles. The maximum atomic E-state index is 14.3. The zero-order valence-corrected chi connectivity index (χ0v) is 17.1. The molecule has 1 aromatic carbocycles. The Kier molecular flexibility index (Phi) is 5.10. The first-order chi connectivity index (χ1) is 14.9. The lowest BCUT2D eigenvalue weighted by atomic mass is 9.92. The SMILES string of the molecule is Cc1ncc2c(n1)CC1CN([C@H]3CO[C@H](c4cc(F)ccc4F)[C@@H](NC(=O)O)C3)CC21. The summed E-state index contributed by atoms with van der Waals surface area (Å²) in [6.07, 6.45) is 1.23. The van der Waals surface area contributed by atoms with Crippen LogP contribution in [0.1, 0.15) is 41.1 Å². The van der Waals surface area contributed by atoms with Crippen LogP contribution in [-0.2, 0) is 11.2 Å². The third-order valence-electron chi connectivity index (χ3n) is 6.79. The van der Waals surface area contributed by atoms with Crippen molar-refractivity contribution in [3.05, 3.63) is 58.7 Å². The predicted molar refractivity (Wildman–Crippen MR) is 107 cm³/mol. The minimum absolute atomic E-state index is 0.00913. The highest BCUT2D eigenvalue weighted by molar-refractivity contribution is 5.65. The fraction of sp³-hybridized carbons (Fsp3) is 0.500. The molecule has 7 nitrogen and oxygen atoms in total. The lowest BCUT2D eigenvalue weighted by molar-refractivity contribution is -0.0550. The fourth-order valence-corrected chi connectivity index (χ4v) is 5.41. The quantitative estimate of drug-likeness (QED) is 0.779. The van der Waals surface area contributed by atoms with E-state index in [1.165, 1.54) is 5.56 Å². The number of aryl methyl sites for hydroxylation is 1. The van der Waals surface area contributed by atoms with Crippen molar-refractivity contribution >= 4 is 6.09 Å². The van der Waals surface area contributed by atoms with Gasteiger partial charge < -0.3 is 15.2 Å². The largest absolute Gasteiger partial charge is 0.465 e. The smallest absolute Gasteiger partial charge is 0.404 e. The van der Waals surface area contributed by atoms with Crippen molar-refractivity contribution in [2.45, 2.75) is 43.9 Å². The molecule has 2 aromatic rings. The Morgan fingerprint density at radius 3 is 2.94 bits per heavy atom. The summed E-state index contributed by atoms with van der Waals surface area (Å²) in [6, 6.07) is 2.48. The molecule has 3 aliphatic rings. The molecule has 31 heavy (non-hydrogen) atoms. The number of carbonyl (C=O) groups is 1. The molecule has 1 aromatic heterocycles. The number of hydrogen-bond acceptors (Lipinski definition) is 5. The van der Waals surface area contributed by atoms with E-state index in [1.807, 2.05) is 13.1 Å². The minimum atomic E-state index is -1.21. The molecule has 0 spiro atoms. The molecule has 0 radical (unpaired) electrons. The Labute approximate surface area is 178 Å². The van der Waals surface area contributed by atoms with E-state index in [-0.39, 0.29) is 11.6 Å². The third-order valence-corrected chi connectivity index (χ3v) is 6.79. The summed E-state index contributed by atoms with van der Waals surface area (Å²) in [4.78, 5) is 22.7. The number of rotatable bonds is 3. The first-order valence-electron chi connectivity index (χ1n) is 10.5. The van der Waals surface area contributed by atoms with Crippen LogP contribution in [0, 0.1) is 24.5 Å². The lowest BCUT2D eigenvalue weighted by Crippen LogP contribution is -2.51. The molecule has 2 saturated heterocycles.